The van der Waals surface area contributed by atoms with Gasteiger partial charge in [-0.25, -0.2) is 9.37 Å². The Balaban J connectivity index is 1.42. The van der Waals surface area contributed by atoms with Crippen molar-refractivity contribution in [2.45, 2.75) is 6.42 Å². The molecule has 0 unspecified atom stereocenters. The summed E-state index contributed by atoms with van der Waals surface area (Å²) in [6.07, 6.45) is 1.80. The fraction of sp³-hybridized carbons (Fsp3) is 0.368. The maximum atomic E-state index is 13.1. The predicted octanol–water partition coefficient (Wildman–Crippen LogP) is 2.15. The summed E-state index contributed by atoms with van der Waals surface area (Å²) in [6, 6.07) is 9.65. The van der Waals surface area contributed by atoms with Crippen LogP contribution in [0.5, 0.6) is 0 Å². The van der Waals surface area contributed by atoms with E-state index in [1.807, 2.05) is 6.07 Å². The van der Waals surface area contributed by atoms with Crippen molar-refractivity contribution in [2.24, 2.45) is 0 Å². The molecule has 0 bridgehead atoms. The fourth-order valence-electron chi connectivity index (χ4n) is 2.77. The molecule has 0 aliphatic carbocycles. The smallest absolute Gasteiger partial charge is 0.229 e. The number of aromatic nitrogens is 1. The van der Waals surface area contributed by atoms with Crippen LogP contribution in [-0.4, -0.2) is 55.2 Å². The number of nitrogens with zero attached hydrogens (tertiary/aromatic N) is 2. The molecule has 26 heavy (non-hydrogen) atoms. The molecule has 1 fully saturated rings. The molecular formula is C19H23FN4O2. The summed E-state index contributed by atoms with van der Waals surface area (Å²) >= 11 is 0. The SMILES string of the molecule is O=C(Cc1cccc(F)c1)Nc1ccc(NCCN2CCOCC2)cn1. The Labute approximate surface area is 152 Å². The molecule has 2 heterocycles. The molecule has 0 atom stereocenters. The first kappa shape index (κ1) is 18.3. The standard InChI is InChI=1S/C19H23FN4O2/c20-16-3-1-2-15(12-16)13-19(25)23-18-5-4-17(14-22-18)21-6-7-24-8-10-26-11-9-24/h1-5,12,14,21H,6-11,13H2,(H,22,23,25). The second-order valence-electron chi connectivity index (χ2n) is 6.17. The normalized spacial score (nSPS) is 14.8. The minimum Gasteiger partial charge on any atom is -0.383 e. The van der Waals surface area contributed by atoms with E-state index in [-0.39, 0.29) is 18.1 Å². The lowest BCUT2D eigenvalue weighted by atomic mass is 10.1. The van der Waals surface area contributed by atoms with Crippen LogP contribution in [-0.2, 0) is 16.0 Å². The molecule has 7 heteroatoms. The van der Waals surface area contributed by atoms with Gasteiger partial charge in [-0.1, -0.05) is 12.1 Å². The van der Waals surface area contributed by atoms with Crippen LogP contribution in [0, 0.1) is 5.82 Å². The molecule has 0 radical (unpaired) electrons. The summed E-state index contributed by atoms with van der Waals surface area (Å²) in [5.74, 6) is -0.0952. The number of carbonyl (C=O) groups is 1. The third-order valence-corrected chi connectivity index (χ3v) is 4.15. The van der Waals surface area contributed by atoms with Gasteiger partial charge in [-0.05, 0) is 29.8 Å². The summed E-state index contributed by atoms with van der Waals surface area (Å²) in [5, 5.41) is 6.04. The van der Waals surface area contributed by atoms with E-state index in [4.69, 9.17) is 4.74 Å². The third kappa shape index (κ3) is 5.79. The summed E-state index contributed by atoms with van der Waals surface area (Å²) < 4.78 is 18.5. The minimum absolute atomic E-state index is 0.110. The van der Waals surface area contributed by atoms with E-state index in [0.29, 0.717) is 11.4 Å². The summed E-state index contributed by atoms with van der Waals surface area (Å²) in [5.41, 5.74) is 1.53. The minimum atomic E-state index is -0.346. The summed E-state index contributed by atoms with van der Waals surface area (Å²) in [4.78, 5) is 18.6. The Bertz CT molecular complexity index is 718. The highest BCUT2D eigenvalue weighted by molar-refractivity contribution is 5.91. The van der Waals surface area contributed by atoms with Crippen LogP contribution < -0.4 is 10.6 Å². The molecule has 2 aromatic rings. The van der Waals surface area contributed by atoms with E-state index >= 15 is 0 Å². The highest BCUT2D eigenvalue weighted by Gasteiger charge is 2.09. The van der Waals surface area contributed by atoms with Crippen molar-refractivity contribution >= 4 is 17.4 Å². The zero-order chi connectivity index (χ0) is 18.2. The van der Waals surface area contributed by atoms with Gasteiger partial charge in [0.05, 0.1) is 31.5 Å². The van der Waals surface area contributed by atoms with Crippen LogP contribution in [0.2, 0.25) is 0 Å². The first-order chi connectivity index (χ1) is 12.7. The number of hydrogen-bond donors (Lipinski definition) is 2. The highest BCUT2D eigenvalue weighted by atomic mass is 19.1. The molecule has 1 aromatic carbocycles. The first-order valence-electron chi connectivity index (χ1n) is 8.73. The Morgan fingerprint density at radius 3 is 2.81 bits per heavy atom. The molecular weight excluding hydrogens is 335 g/mol. The average Bonchev–Trinajstić information content (AvgIpc) is 2.64. The molecule has 1 aromatic heterocycles. The van der Waals surface area contributed by atoms with Crippen LogP contribution in [0.1, 0.15) is 5.56 Å². The zero-order valence-electron chi connectivity index (χ0n) is 14.6. The van der Waals surface area contributed by atoms with Gasteiger partial charge in [0.15, 0.2) is 0 Å². The van der Waals surface area contributed by atoms with Crippen molar-refractivity contribution in [3.8, 4) is 0 Å². The number of nitrogens with one attached hydrogen (secondary N) is 2. The van der Waals surface area contributed by atoms with E-state index in [9.17, 15) is 9.18 Å². The van der Waals surface area contributed by atoms with E-state index < -0.39 is 0 Å². The Morgan fingerprint density at radius 2 is 2.08 bits per heavy atom. The maximum Gasteiger partial charge on any atom is 0.229 e. The number of pyridine rings is 1. The monoisotopic (exact) mass is 358 g/mol. The molecule has 1 aliphatic rings. The van der Waals surface area contributed by atoms with E-state index in [0.717, 1.165) is 45.1 Å². The number of amides is 1. The lowest BCUT2D eigenvalue weighted by Crippen LogP contribution is -2.39. The molecule has 1 aliphatic heterocycles. The first-order valence-corrected chi connectivity index (χ1v) is 8.73. The topological polar surface area (TPSA) is 66.5 Å². The number of halogens is 1. The maximum absolute atomic E-state index is 13.1. The molecule has 6 nitrogen and oxygen atoms in total. The molecule has 3 rings (SSSR count). The second-order valence-corrected chi connectivity index (χ2v) is 6.17. The van der Waals surface area contributed by atoms with Crippen LogP contribution in [0.25, 0.3) is 0 Å². The van der Waals surface area contributed by atoms with Gasteiger partial charge in [-0.15, -0.1) is 0 Å². The molecule has 1 saturated heterocycles. The van der Waals surface area contributed by atoms with E-state index in [2.05, 4.69) is 20.5 Å². The number of ether oxygens (including phenoxy) is 1. The summed E-state index contributed by atoms with van der Waals surface area (Å²) in [7, 11) is 0. The summed E-state index contributed by atoms with van der Waals surface area (Å²) in [6.45, 7) is 5.31. The number of carbonyl (C=O) groups excluding carboxylic acids is 1. The lowest BCUT2D eigenvalue weighted by molar-refractivity contribution is -0.115. The molecule has 2 N–H and O–H groups in total. The third-order valence-electron chi connectivity index (χ3n) is 4.15. The van der Waals surface area contributed by atoms with Crippen molar-refractivity contribution < 1.29 is 13.9 Å². The van der Waals surface area contributed by atoms with Crippen molar-refractivity contribution in [1.82, 2.24) is 9.88 Å². The molecule has 138 valence electrons. The lowest BCUT2D eigenvalue weighted by Gasteiger charge is -2.26. The van der Waals surface area contributed by atoms with Gasteiger partial charge in [0.25, 0.3) is 0 Å². The number of anilines is 2. The Hall–Kier alpha value is -2.51. The average molecular weight is 358 g/mol. The largest absolute Gasteiger partial charge is 0.383 e. The van der Waals surface area contributed by atoms with E-state index in [1.54, 1.807) is 24.4 Å². The fourth-order valence-corrected chi connectivity index (χ4v) is 2.77. The van der Waals surface area contributed by atoms with Gasteiger partial charge in [0.1, 0.15) is 11.6 Å². The van der Waals surface area contributed by atoms with Crippen molar-refractivity contribution in [3.63, 3.8) is 0 Å². The Kier molecular flexibility index (Phi) is 6.51. The number of benzene rings is 1. The van der Waals surface area contributed by atoms with Gasteiger partial charge in [0.2, 0.25) is 5.91 Å². The van der Waals surface area contributed by atoms with E-state index in [1.165, 1.54) is 12.1 Å². The van der Waals surface area contributed by atoms with Gasteiger partial charge in [-0.3, -0.25) is 9.69 Å². The second kappa shape index (κ2) is 9.26. The number of rotatable bonds is 7. The van der Waals surface area contributed by atoms with Gasteiger partial charge in [0, 0.05) is 26.2 Å². The molecule has 0 spiro atoms. The van der Waals surface area contributed by atoms with Gasteiger partial charge in [-0.2, -0.15) is 0 Å². The van der Waals surface area contributed by atoms with Crippen molar-refractivity contribution in [2.75, 3.05) is 50.0 Å². The van der Waals surface area contributed by atoms with Gasteiger partial charge < -0.3 is 15.4 Å². The molecule has 0 saturated carbocycles. The van der Waals surface area contributed by atoms with Gasteiger partial charge >= 0.3 is 0 Å². The highest BCUT2D eigenvalue weighted by Crippen LogP contribution is 2.11. The van der Waals surface area contributed by atoms with Crippen molar-refractivity contribution in [1.29, 1.82) is 0 Å². The molecule has 1 amide bonds. The van der Waals surface area contributed by atoms with Crippen LogP contribution in [0.3, 0.4) is 0 Å². The Morgan fingerprint density at radius 1 is 1.23 bits per heavy atom. The number of hydrogen-bond acceptors (Lipinski definition) is 5. The predicted molar refractivity (Wildman–Crippen MR) is 98.7 cm³/mol. The number of morpholine rings is 1. The quantitative estimate of drug-likeness (QED) is 0.794. The zero-order valence-corrected chi connectivity index (χ0v) is 14.6. The van der Waals surface area contributed by atoms with Crippen LogP contribution in [0.15, 0.2) is 42.6 Å². The van der Waals surface area contributed by atoms with Crippen LogP contribution in [0.4, 0.5) is 15.9 Å². The van der Waals surface area contributed by atoms with Crippen LogP contribution >= 0.6 is 0 Å². The van der Waals surface area contributed by atoms with Crippen molar-refractivity contribution in [3.05, 3.63) is 54.0 Å².